The maximum atomic E-state index is 11.6. The Morgan fingerprint density at radius 3 is 3.00 bits per heavy atom. The molecule has 1 aromatic rings. The molecular weight excluding hydrogens is 279 g/mol. The second-order valence-electron chi connectivity index (χ2n) is 3.13. The predicted octanol–water partition coefficient (Wildman–Crippen LogP) is 2.80. The molecule has 1 heterocycles. The topological polar surface area (TPSA) is 42.0 Å². The van der Waals surface area contributed by atoms with E-state index in [9.17, 15) is 4.79 Å². The second kappa shape index (κ2) is 5.28. The molecule has 0 aliphatic rings. The van der Waals surface area contributed by atoms with Crippen molar-refractivity contribution in [3.05, 3.63) is 39.6 Å². The average Bonchev–Trinajstić information content (AvgIpc) is 2.18. The van der Waals surface area contributed by atoms with Crippen molar-refractivity contribution in [2.24, 2.45) is 0 Å². The van der Waals surface area contributed by atoms with E-state index in [1.54, 1.807) is 6.07 Å². The highest BCUT2D eigenvalue weighted by molar-refractivity contribution is 9.10. The number of hydrogen-bond acceptors (Lipinski definition) is 2. The third-order valence-corrected chi connectivity index (χ3v) is 2.34. The third kappa shape index (κ3) is 3.64. The summed E-state index contributed by atoms with van der Waals surface area (Å²) in [6.45, 7) is 5.95. The van der Waals surface area contributed by atoms with Gasteiger partial charge in [0.25, 0.3) is 5.91 Å². The minimum Gasteiger partial charge on any atom is -0.348 e. The van der Waals surface area contributed by atoms with Gasteiger partial charge in [0, 0.05) is 17.2 Å². The standard InChI is InChI=1S/C10H10BrClN2O/c1-6(2)4-14-10(15)8-3-7(11)5-13-9(8)12/h3,5H,1,4H2,2H3,(H,14,15). The van der Waals surface area contributed by atoms with E-state index in [1.165, 1.54) is 6.20 Å². The van der Waals surface area contributed by atoms with E-state index in [-0.39, 0.29) is 11.1 Å². The molecule has 0 saturated heterocycles. The van der Waals surface area contributed by atoms with E-state index in [0.29, 0.717) is 16.6 Å². The Kier molecular flexibility index (Phi) is 4.29. The van der Waals surface area contributed by atoms with Crippen molar-refractivity contribution in [3.63, 3.8) is 0 Å². The van der Waals surface area contributed by atoms with Gasteiger partial charge in [-0.1, -0.05) is 23.8 Å². The first-order chi connectivity index (χ1) is 7.00. The minimum atomic E-state index is -0.253. The van der Waals surface area contributed by atoms with Crippen LogP contribution in [0.2, 0.25) is 5.15 Å². The Morgan fingerprint density at radius 2 is 2.40 bits per heavy atom. The van der Waals surface area contributed by atoms with Crippen LogP contribution in [0, 0.1) is 0 Å². The Morgan fingerprint density at radius 1 is 1.73 bits per heavy atom. The van der Waals surface area contributed by atoms with Gasteiger partial charge in [-0.25, -0.2) is 4.98 Å². The van der Waals surface area contributed by atoms with Crippen LogP contribution in [0.4, 0.5) is 0 Å². The van der Waals surface area contributed by atoms with Gasteiger partial charge in [0.15, 0.2) is 0 Å². The molecule has 80 valence electrons. The lowest BCUT2D eigenvalue weighted by Gasteiger charge is -2.05. The summed E-state index contributed by atoms with van der Waals surface area (Å²) >= 11 is 9.02. The van der Waals surface area contributed by atoms with Gasteiger partial charge in [-0.3, -0.25) is 4.79 Å². The quantitative estimate of drug-likeness (QED) is 0.687. The number of carbonyl (C=O) groups excluding carboxylic acids is 1. The number of pyridine rings is 1. The van der Waals surface area contributed by atoms with Gasteiger partial charge < -0.3 is 5.32 Å². The van der Waals surface area contributed by atoms with Gasteiger partial charge >= 0.3 is 0 Å². The highest BCUT2D eigenvalue weighted by Crippen LogP contribution is 2.17. The molecule has 0 radical (unpaired) electrons. The summed E-state index contributed by atoms with van der Waals surface area (Å²) in [5.41, 5.74) is 1.23. The zero-order chi connectivity index (χ0) is 11.4. The number of carbonyl (C=O) groups is 1. The monoisotopic (exact) mass is 288 g/mol. The normalized spacial score (nSPS) is 9.80. The lowest BCUT2D eigenvalue weighted by Crippen LogP contribution is -2.25. The van der Waals surface area contributed by atoms with Gasteiger partial charge in [0.05, 0.1) is 5.56 Å². The van der Waals surface area contributed by atoms with E-state index >= 15 is 0 Å². The van der Waals surface area contributed by atoms with Crippen molar-refractivity contribution in [2.45, 2.75) is 6.92 Å². The molecule has 0 fully saturated rings. The first kappa shape index (κ1) is 12.2. The van der Waals surface area contributed by atoms with Crippen molar-refractivity contribution in [2.75, 3.05) is 6.54 Å². The number of nitrogens with zero attached hydrogens (tertiary/aromatic N) is 1. The summed E-state index contributed by atoms with van der Waals surface area (Å²) in [6.07, 6.45) is 1.54. The van der Waals surface area contributed by atoms with Crippen LogP contribution in [-0.2, 0) is 0 Å². The lowest BCUT2D eigenvalue weighted by atomic mass is 10.2. The van der Waals surface area contributed by atoms with Crippen molar-refractivity contribution in [3.8, 4) is 0 Å². The first-order valence-electron chi connectivity index (χ1n) is 4.24. The highest BCUT2D eigenvalue weighted by atomic mass is 79.9. The molecule has 5 heteroatoms. The third-order valence-electron chi connectivity index (χ3n) is 1.60. The van der Waals surface area contributed by atoms with Crippen LogP contribution in [-0.4, -0.2) is 17.4 Å². The molecule has 0 atom stereocenters. The van der Waals surface area contributed by atoms with Crippen LogP contribution in [0.1, 0.15) is 17.3 Å². The lowest BCUT2D eigenvalue weighted by molar-refractivity contribution is 0.0957. The number of aromatic nitrogens is 1. The van der Waals surface area contributed by atoms with Gasteiger partial charge in [-0.2, -0.15) is 0 Å². The Balaban J connectivity index is 2.81. The Bertz CT molecular complexity index is 406. The number of rotatable bonds is 3. The maximum Gasteiger partial charge on any atom is 0.254 e. The molecule has 0 unspecified atom stereocenters. The van der Waals surface area contributed by atoms with Crippen LogP contribution < -0.4 is 5.32 Å². The largest absolute Gasteiger partial charge is 0.348 e. The Labute approximate surface area is 102 Å². The molecule has 0 aromatic carbocycles. The van der Waals surface area contributed by atoms with Crippen molar-refractivity contribution in [1.29, 1.82) is 0 Å². The molecule has 1 rings (SSSR count). The van der Waals surface area contributed by atoms with E-state index in [0.717, 1.165) is 5.57 Å². The smallest absolute Gasteiger partial charge is 0.254 e. The fourth-order valence-corrected chi connectivity index (χ4v) is 1.43. The van der Waals surface area contributed by atoms with E-state index in [4.69, 9.17) is 11.6 Å². The minimum absolute atomic E-state index is 0.192. The van der Waals surface area contributed by atoms with Crippen molar-refractivity contribution < 1.29 is 4.79 Å². The molecule has 15 heavy (non-hydrogen) atoms. The highest BCUT2D eigenvalue weighted by Gasteiger charge is 2.11. The van der Waals surface area contributed by atoms with Crippen LogP contribution >= 0.6 is 27.5 Å². The van der Waals surface area contributed by atoms with Crippen LogP contribution in [0.5, 0.6) is 0 Å². The zero-order valence-corrected chi connectivity index (χ0v) is 10.5. The fraction of sp³-hybridized carbons (Fsp3) is 0.200. The summed E-state index contributed by atoms with van der Waals surface area (Å²) in [4.78, 5) is 15.5. The molecule has 0 aliphatic carbocycles. The van der Waals surface area contributed by atoms with Crippen molar-refractivity contribution in [1.82, 2.24) is 10.3 Å². The number of halogens is 2. The van der Waals surface area contributed by atoms with Gasteiger partial charge in [-0.15, -0.1) is 0 Å². The SMILES string of the molecule is C=C(C)CNC(=O)c1cc(Br)cnc1Cl. The van der Waals surface area contributed by atoms with Gasteiger partial charge in [0.1, 0.15) is 5.15 Å². The molecule has 0 saturated carbocycles. The van der Waals surface area contributed by atoms with E-state index in [2.05, 4.69) is 32.8 Å². The first-order valence-corrected chi connectivity index (χ1v) is 5.41. The summed E-state index contributed by atoms with van der Waals surface area (Å²) in [5, 5.41) is 2.87. The molecule has 1 amide bonds. The van der Waals surface area contributed by atoms with Gasteiger partial charge in [0.2, 0.25) is 0 Å². The summed E-state index contributed by atoms with van der Waals surface area (Å²) in [6, 6.07) is 1.63. The van der Waals surface area contributed by atoms with Crippen LogP contribution in [0.3, 0.4) is 0 Å². The maximum absolute atomic E-state index is 11.6. The second-order valence-corrected chi connectivity index (χ2v) is 4.41. The number of nitrogens with one attached hydrogen (secondary N) is 1. The molecule has 1 N–H and O–H groups in total. The van der Waals surface area contributed by atoms with Gasteiger partial charge in [-0.05, 0) is 28.9 Å². The summed E-state index contributed by atoms with van der Waals surface area (Å²) in [5.74, 6) is -0.253. The van der Waals surface area contributed by atoms with E-state index < -0.39 is 0 Å². The zero-order valence-electron chi connectivity index (χ0n) is 8.18. The molecule has 0 spiro atoms. The molecular formula is C10H10BrClN2O. The molecule has 0 aliphatic heterocycles. The average molecular weight is 290 g/mol. The van der Waals surface area contributed by atoms with Crippen molar-refractivity contribution >= 4 is 33.4 Å². The number of amides is 1. The van der Waals surface area contributed by atoms with E-state index in [1.807, 2.05) is 6.92 Å². The molecule has 0 bridgehead atoms. The molecule has 3 nitrogen and oxygen atoms in total. The Hall–Kier alpha value is -0.870. The van der Waals surface area contributed by atoms with Crippen LogP contribution in [0.25, 0.3) is 0 Å². The number of hydrogen-bond donors (Lipinski definition) is 1. The summed E-state index contributed by atoms with van der Waals surface area (Å²) < 4.78 is 0.715. The van der Waals surface area contributed by atoms with Crippen LogP contribution in [0.15, 0.2) is 28.9 Å². The fourth-order valence-electron chi connectivity index (χ4n) is 0.908. The molecule has 1 aromatic heterocycles. The predicted molar refractivity (Wildman–Crippen MR) is 64.1 cm³/mol. The summed E-state index contributed by atoms with van der Waals surface area (Å²) in [7, 11) is 0.